The first-order valence-corrected chi connectivity index (χ1v) is 9.42. The molecule has 0 spiro atoms. The second-order valence-corrected chi connectivity index (χ2v) is 6.69. The zero-order valence-corrected chi connectivity index (χ0v) is 14.8. The highest BCUT2D eigenvalue weighted by atomic mass is 32.2. The smallest absolute Gasteiger partial charge is 0.204 e. The van der Waals surface area contributed by atoms with Crippen molar-refractivity contribution in [2.24, 2.45) is 0 Å². The fourth-order valence-electron chi connectivity index (χ4n) is 2.66. The van der Waals surface area contributed by atoms with E-state index in [2.05, 4.69) is 21.1 Å². The Hall–Kier alpha value is -2.21. The predicted octanol–water partition coefficient (Wildman–Crippen LogP) is 3.66. The van der Waals surface area contributed by atoms with Crippen LogP contribution in [0.25, 0.3) is 11.0 Å². The molecule has 0 radical (unpaired) electrons. The van der Waals surface area contributed by atoms with Crippen molar-refractivity contribution < 1.29 is 5.11 Å². The molecule has 0 atom stereocenters. The van der Waals surface area contributed by atoms with Gasteiger partial charge in [-0.1, -0.05) is 12.1 Å². The van der Waals surface area contributed by atoms with E-state index in [-0.39, 0.29) is 5.75 Å². The number of aromatic hydroxyl groups is 1. The number of anilines is 1. The van der Waals surface area contributed by atoms with Gasteiger partial charge in [0.1, 0.15) is 11.4 Å². The molecule has 0 aliphatic heterocycles. The third-order valence-corrected chi connectivity index (χ3v) is 4.56. The number of para-hydroxylation sites is 2. The Labute approximate surface area is 146 Å². The van der Waals surface area contributed by atoms with Crippen LogP contribution in [0, 0.1) is 6.92 Å². The monoisotopic (exact) mass is 342 g/mol. The summed E-state index contributed by atoms with van der Waals surface area (Å²) >= 11 is 1.84. The van der Waals surface area contributed by atoms with Crippen LogP contribution in [0.2, 0.25) is 0 Å². The van der Waals surface area contributed by atoms with E-state index in [1.807, 2.05) is 49.0 Å². The molecule has 0 unspecified atom stereocenters. The lowest BCUT2D eigenvalue weighted by Gasteiger charge is -2.12. The standard InChI is InChI=1S/C18H22N4OS/c1-13-8-9-17(23)15(20-13)12-22-16-7-4-3-6-14(16)21-18(22)19-10-5-11-24-2/h3-4,6-9,23H,5,10-12H2,1-2H3,(H,19,21). The number of benzene rings is 1. The lowest BCUT2D eigenvalue weighted by atomic mass is 10.2. The molecular formula is C18H22N4OS. The Morgan fingerprint density at radius 2 is 2.00 bits per heavy atom. The van der Waals surface area contributed by atoms with Crippen LogP contribution in [0.3, 0.4) is 0 Å². The largest absolute Gasteiger partial charge is 0.506 e. The number of thioether (sulfide) groups is 1. The van der Waals surface area contributed by atoms with Crippen molar-refractivity contribution in [2.75, 3.05) is 23.9 Å². The topological polar surface area (TPSA) is 63.0 Å². The third kappa shape index (κ3) is 3.64. The molecule has 126 valence electrons. The third-order valence-electron chi connectivity index (χ3n) is 3.86. The van der Waals surface area contributed by atoms with Gasteiger partial charge in [0.2, 0.25) is 5.95 Å². The number of fused-ring (bicyclic) bond motifs is 1. The van der Waals surface area contributed by atoms with Gasteiger partial charge in [-0.25, -0.2) is 4.98 Å². The number of rotatable bonds is 7. The van der Waals surface area contributed by atoms with Crippen LogP contribution in [-0.2, 0) is 6.54 Å². The minimum Gasteiger partial charge on any atom is -0.506 e. The molecule has 2 aromatic heterocycles. The van der Waals surface area contributed by atoms with Crippen molar-refractivity contribution in [1.29, 1.82) is 0 Å². The van der Waals surface area contributed by atoms with E-state index in [4.69, 9.17) is 4.98 Å². The Kier molecular flexibility index (Phi) is 5.25. The normalized spacial score (nSPS) is 11.1. The number of hydrogen-bond acceptors (Lipinski definition) is 5. The summed E-state index contributed by atoms with van der Waals surface area (Å²) in [6.45, 7) is 3.28. The number of pyridine rings is 1. The average molecular weight is 342 g/mol. The molecule has 1 aromatic carbocycles. The van der Waals surface area contributed by atoms with Gasteiger partial charge < -0.3 is 15.0 Å². The Bertz CT molecular complexity index is 831. The molecule has 0 saturated carbocycles. The molecule has 0 saturated heterocycles. The van der Waals surface area contributed by atoms with Gasteiger partial charge in [-0.3, -0.25) is 4.98 Å². The maximum Gasteiger partial charge on any atom is 0.204 e. The first-order chi connectivity index (χ1) is 11.7. The van der Waals surface area contributed by atoms with Crippen molar-refractivity contribution in [3.63, 3.8) is 0 Å². The van der Waals surface area contributed by atoms with E-state index in [0.717, 1.165) is 41.4 Å². The predicted molar refractivity (Wildman–Crippen MR) is 101 cm³/mol. The van der Waals surface area contributed by atoms with Crippen molar-refractivity contribution in [3.05, 3.63) is 47.8 Å². The molecule has 0 bridgehead atoms. The molecule has 2 N–H and O–H groups in total. The zero-order chi connectivity index (χ0) is 16.9. The Morgan fingerprint density at radius 3 is 2.83 bits per heavy atom. The molecular weight excluding hydrogens is 320 g/mol. The highest BCUT2D eigenvalue weighted by molar-refractivity contribution is 7.98. The average Bonchev–Trinajstić information content (AvgIpc) is 2.93. The van der Waals surface area contributed by atoms with E-state index in [1.165, 1.54) is 0 Å². The molecule has 5 nitrogen and oxygen atoms in total. The minimum absolute atomic E-state index is 0.215. The number of aromatic nitrogens is 3. The molecule has 3 rings (SSSR count). The van der Waals surface area contributed by atoms with Crippen LogP contribution < -0.4 is 5.32 Å². The molecule has 3 aromatic rings. The fraction of sp³-hybridized carbons (Fsp3) is 0.333. The van der Waals surface area contributed by atoms with Crippen LogP contribution >= 0.6 is 11.8 Å². The number of nitrogens with zero attached hydrogens (tertiary/aromatic N) is 3. The quantitative estimate of drug-likeness (QED) is 0.642. The highest BCUT2D eigenvalue weighted by Gasteiger charge is 2.13. The van der Waals surface area contributed by atoms with Crippen LogP contribution in [0.1, 0.15) is 17.8 Å². The van der Waals surface area contributed by atoms with Crippen LogP contribution in [0.4, 0.5) is 5.95 Å². The van der Waals surface area contributed by atoms with Gasteiger partial charge in [0.25, 0.3) is 0 Å². The maximum absolute atomic E-state index is 10.1. The zero-order valence-electron chi connectivity index (χ0n) is 14.0. The second kappa shape index (κ2) is 7.57. The van der Waals surface area contributed by atoms with E-state index >= 15 is 0 Å². The molecule has 6 heteroatoms. The van der Waals surface area contributed by atoms with Gasteiger partial charge in [0.05, 0.1) is 17.6 Å². The van der Waals surface area contributed by atoms with Gasteiger partial charge in [0.15, 0.2) is 0 Å². The molecule has 2 heterocycles. The van der Waals surface area contributed by atoms with Gasteiger partial charge in [-0.15, -0.1) is 0 Å². The number of imidazole rings is 1. The molecule has 0 fully saturated rings. The van der Waals surface area contributed by atoms with E-state index < -0.39 is 0 Å². The summed E-state index contributed by atoms with van der Waals surface area (Å²) in [6.07, 6.45) is 3.19. The van der Waals surface area contributed by atoms with E-state index in [1.54, 1.807) is 6.07 Å². The molecule has 0 aliphatic rings. The number of aryl methyl sites for hydroxylation is 1. The second-order valence-electron chi connectivity index (χ2n) is 5.70. The van der Waals surface area contributed by atoms with Crippen molar-refractivity contribution >= 4 is 28.7 Å². The van der Waals surface area contributed by atoms with Gasteiger partial charge >= 0.3 is 0 Å². The lowest BCUT2D eigenvalue weighted by molar-refractivity contribution is 0.461. The Balaban J connectivity index is 1.93. The van der Waals surface area contributed by atoms with Crippen LogP contribution in [0.5, 0.6) is 5.75 Å². The van der Waals surface area contributed by atoms with Gasteiger partial charge in [0, 0.05) is 12.2 Å². The van der Waals surface area contributed by atoms with Crippen molar-refractivity contribution in [1.82, 2.24) is 14.5 Å². The highest BCUT2D eigenvalue weighted by Crippen LogP contribution is 2.24. The lowest BCUT2D eigenvalue weighted by Crippen LogP contribution is -2.11. The Morgan fingerprint density at radius 1 is 1.17 bits per heavy atom. The number of hydrogen-bond donors (Lipinski definition) is 2. The van der Waals surface area contributed by atoms with Crippen molar-refractivity contribution in [3.8, 4) is 5.75 Å². The van der Waals surface area contributed by atoms with Crippen LogP contribution in [-0.4, -0.2) is 38.2 Å². The molecule has 0 amide bonds. The molecule has 0 aliphatic carbocycles. The van der Waals surface area contributed by atoms with Crippen LogP contribution in [0.15, 0.2) is 36.4 Å². The summed E-state index contributed by atoms with van der Waals surface area (Å²) < 4.78 is 2.08. The van der Waals surface area contributed by atoms with Gasteiger partial charge in [-0.2, -0.15) is 11.8 Å². The van der Waals surface area contributed by atoms with Gasteiger partial charge in [-0.05, 0) is 49.6 Å². The first kappa shape index (κ1) is 16.6. The molecule has 24 heavy (non-hydrogen) atoms. The summed E-state index contributed by atoms with van der Waals surface area (Å²) in [5.74, 6) is 2.15. The van der Waals surface area contributed by atoms with E-state index in [9.17, 15) is 5.11 Å². The minimum atomic E-state index is 0.215. The van der Waals surface area contributed by atoms with E-state index in [0.29, 0.717) is 12.2 Å². The summed E-state index contributed by atoms with van der Waals surface area (Å²) in [5.41, 5.74) is 3.52. The summed E-state index contributed by atoms with van der Waals surface area (Å²) in [4.78, 5) is 9.17. The summed E-state index contributed by atoms with van der Waals surface area (Å²) in [7, 11) is 0. The maximum atomic E-state index is 10.1. The fourth-order valence-corrected chi connectivity index (χ4v) is 3.09. The SMILES string of the molecule is CSCCCNc1nc2ccccc2n1Cc1nc(C)ccc1O. The summed E-state index contributed by atoms with van der Waals surface area (Å²) in [6, 6.07) is 11.5. The van der Waals surface area contributed by atoms with Crippen molar-refractivity contribution in [2.45, 2.75) is 19.9 Å². The number of nitrogens with one attached hydrogen (secondary N) is 1. The summed E-state index contributed by atoms with van der Waals surface area (Å²) in [5, 5.41) is 13.5. The first-order valence-electron chi connectivity index (χ1n) is 8.02.